The van der Waals surface area contributed by atoms with Gasteiger partial charge in [0, 0.05) is 41.5 Å². The van der Waals surface area contributed by atoms with E-state index in [1.807, 2.05) is 37.2 Å². The lowest BCUT2D eigenvalue weighted by Gasteiger charge is -2.14. The Balaban J connectivity index is 1.92. The predicted molar refractivity (Wildman–Crippen MR) is 110 cm³/mol. The Morgan fingerprint density at radius 1 is 0.852 bits per heavy atom. The summed E-state index contributed by atoms with van der Waals surface area (Å²) in [6.07, 6.45) is 0. The van der Waals surface area contributed by atoms with Crippen molar-refractivity contribution in [3.63, 3.8) is 0 Å². The zero-order chi connectivity index (χ0) is 19.4. The molecule has 0 radical (unpaired) electrons. The maximum absolute atomic E-state index is 12.9. The van der Waals surface area contributed by atoms with Gasteiger partial charge in [0.25, 0.3) is 5.91 Å². The molecule has 1 N–H and O–H groups in total. The van der Waals surface area contributed by atoms with E-state index >= 15 is 0 Å². The highest BCUT2D eigenvalue weighted by Crippen LogP contribution is 2.25. The number of carbonyl (C=O) groups is 2. The molecule has 0 aromatic heterocycles. The van der Waals surface area contributed by atoms with Gasteiger partial charge in [0.15, 0.2) is 5.78 Å². The van der Waals surface area contributed by atoms with E-state index in [0.717, 1.165) is 5.69 Å². The van der Waals surface area contributed by atoms with Crippen LogP contribution in [0.5, 0.6) is 0 Å². The third-order valence-electron chi connectivity index (χ3n) is 4.14. The minimum absolute atomic E-state index is 0.199. The summed E-state index contributed by atoms with van der Waals surface area (Å²) < 4.78 is 0. The summed E-state index contributed by atoms with van der Waals surface area (Å²) in [5, 5.41) is 3.27. The fraction of sp³-hybridized carbons (Fsp3) is 0.0909. The van der Waals surface area contributed by atoms with Crippen molar-refractivity contribution in [2.45, 2.75) is 0 Å². The molecule has 0 aliphatic carbocycles. The minimum Gasteiger partial charge on any atom is -0.378 e. The standard InChI is InChI=1S/C22H19ClN2O2/c1-25(2)18-10-6-9-16(13-18)22(27)24-20-12-11-17(23)14-19(20)21(26)15-7-4-3-5-8-15/h3-14H,1-2H3,(H,24,27). The Labute approximate surface area is 163 Å². The molecule has 0 saturated heterocycles. The van der Waals surface area contributed by atoms with Gasteiger partial charge >= 0.3 is 0 Å². The van der Waals surface area contributed by atoms with E-state index in [0.29, 0.717) is 27.4 Å². The maximum atomic E-state index is 12.9. The highest BCUT2D eigenvalue weighted by atomic mass is 35.5. The van der Waals surface area contributed by atoms with Gasteiger partial charge < -0.3 is 10.2 Å². The number of carbonyl (C=O) groups excluding carboxylic acids is 2. The quantitative estimate of drug-likeness (QED) is 0.643. The van der Waals surface area contributed by atoms with Gasteiger partial charge in [-0.2, -0.15) is 0 Å². The lowest BCUT2D eigenvalue weighted by molar-refractivity contribution is 0.102. The topological polar surface area (TPSA) is 49.4 Å². The van der Waals surface area contributed by atoms with E-state index < -0.39 is 0 Å². The SMILES string of the molecule is CN(C)c1cccc(C(=O)Nc2ccc(Cl)cc2C(=O)c2ccccc2)c1. The third-order valence-corrected chi connectivity index (χ3v) is 4.37. The number of amides is 1. The molecule has 0 heterocycles. The molecule has 0 saturated carbocycles. The van der Waals surface area contributed by atoms with E-state index in [9.17, 15) is 9.59 Å². The second-order valence-electron chi connectivity index (χ2n) is 6.28. The molecule has 0 unspecified atom stereocenters. The first kappa shape index (κ1) is 18.7. The summed E-state index contributed by atoms with van der Waals surface area (Å²) in [4.78, 5) is 27.5. The molecular formula is C22H19ClN2O2. The van der Waals surface area contributed by atoms with E-state index in [-0.39, 0.29) is 11.7 Å². The molecule has 3 aromatic carbocycles. The molecule has 5 heteroatoms. The average Bonchev–Trinajstić information content (AvgIpc) is 2.69. The lowest BCUT2D eigenvalue weighted by atomic mass is 10.0. The van der Waals surface area contributed by atoms with Crippen LogP contribution in [0.25, 0.3) is 0 Å². The van der Waals surface area contributed by atoms with Crippen molar-refractivity contribution in [2.75, 3.05) is 24.3 Å². The van der Waals surface area contributed by atoms with Crippen LogP contribution in [0.15, 0.2) is 72.8 Å². The molecule has 0 aliphatic heterocycles. The fourth-order valence-electron chi connectivity index (χ4n) is 2.68. The number of nitrogens with one attached hydrogen (secondary N) is 1. The summed E-state index contributed by atoms with van der Waals surface area (Å²) in [5.74, 6) is -0.487. The predicted octanol–water partition coefficient (Wildman–Crippen LogP) is 4.89. The number of nitrogens with zero attached hydrogens (tertiary/aromatic N) is 1. The molecule has 0 bridgehead atoms. The molecule has 3 aromatic rings. The van der Waals surface area contributed by atoms with Gasteiger partial charge in [0.05, 0.1) is 5.69 Å². The van der Waals surface area contributed by atoms with Crippen LogP contribution in [-0.4, -0.2) is 25.8 Å². The fourth-order valence-corrected chi connectivity index (χ4v) is 2.85. The van der Waals surface area contributed by atoms with Crippen molar-refractivity contribution >= 4 is 34.7 Å². The number of hydrogen-bond acceptors (Lipinski definition) is 3. The van der Waals surface area contributed by atoms with E-state index in [4.69, 9.17) is 11.6 Å². The number of anilines is 2. The minimum atomic E-state index is -0.289. The summed E-state index contributed by atoms with van der Waals surface area (Å²) in [7, 11) is 3.82. The third kappa shape index (κ3) is 4.36. The van der Waals surface area contributed by atoms with Crippen LogP contribution in [0.2, 0.25) is 5.02 Å². The Morgan fingerprint density at radius 3 is 2.26 bits per heavy atom. The Bertz CT molecular complexity index is 985. The lowest BCUT2D eigenvalue weighted by Crippen LogP contribution is -2.16. The first-order chi connectivity index (χ1) is 13.0. The van der Waals surface area contributed by atoms with Gasteiger partial charge in [-0.15, -0.1) is 0 Å². The monoisotopic (exact) mass is 378 g/mol. The number of benzene rings is 3. The van der Waals surface area contributed by atoms with E-state index in [1.165, 1.54) is 0 Å². The molecule has 136 valence electrons. The molecule has 0 atom stereocenters. The number of hydrogen-bond donors (Lipinski definition) is 1. The summed E-state index contributed by atoms with van der Waals surface area (Å²) in [6.45, 7) is 0. The van der Waals surface area contributed by atoms with Gasteiger partial charge in [-0.1, -0.05) is 48.0 Å². The molecule has 0 fully saturated rings. The maximum Gasteiger partial charge on any atom is 0.255 e. The van der Waals surface area contributed by atoms with Crippen molar-refractivity contribution in [2.24, 2.45) is 0 Å². The van der Waals surface area contributed by atoms with Gasteiger partial charge in [-0.05, 0) is 36.4 Å². The molecule has 27 heavy (non-hydrogen) atoms. The Hall–Kier alpha value is -3.11. The second kappa shape index (κ2) is 8.06. The van der Waals surface area contributed by atoms with E-state index in [2.05, 4.69) is 5.32 Å². The normalized spacial score (nSPS) is 10.3. The Morgan fingerprint density at radius 2 is 1.56 bits per heavy atom. The molecular weight excluding hydrogens is 360 g/mol. The van der Waals surface area contributed by atoms with Crippen molar-refractivity contribution in [3.05, 3.63) is 94.5 Å². The van der Waals surface area contributed by atoms with Crippen LogP contribution >= 0.6 is 11.6 Å². The highest BCUT2D eigenvalue weighted by molar-refractivity contribution is 6.31. The molecule has 0 aliphatic rings. The Kier molecular flexibility index (Phi) is 5.57. The van der Waals surface area contributed by atoms with Crippen molar-refractivity contribution in [1.29, 1.82) is 0 Å². The van der Waals surface area contributed by atoms with Crippen LogP contribution in [0.3, 0.4) is 0 Å². The van der Waals surface area contributed by atoms with Gasteiger partial charge in [-0.25, -0.2) is 0 Å². The summed E-state index contributed by atoms with van der Waals surface area (Å²) in [5.41, 5.74) is 2.73. The highest BCUT2D eigenvalue weighted by Gasteiger charge is 2.17. The van der Waals surface area contributed by atoms with Crippen LogP contribution in [0.4, 0.5) is 11.4 Å². The average molecular weight is 379 g/mol. The van der Waals surface area contributed by atoms with Crippen LogP contribution in [0.1, 0.15) is 26.3 Å². The zero-order valence-electron chi connectivity index (χ0n) is 15.1. The molecule has 0 spiro atoms. The van der Waals surface area contributed by atoms with Crippen molar-refractivity contribution < 1.29 is 9.59 Å². The molecule has 4 nitrogen and oxygen atoms in total. The number of ketones is 1. The van der Waals surface area contributed by atoms with Crippen LogP contribution in [0, 0.1) is 0 Å². The van der Waals surface area contributed by atoms with Crippen molar-refractivity contribution in [1.82, 2.24) is 0 Å². The number of halogens is 1. The first-order valence-corrected chi connectivity index (χ1v) is 8.81. The molecule has 3 rings (SSSR count). The van der Waals surface area contributed by atoms with Gasteiger partial charge in [0.1, 0.15) is 0 Å². The van der Waals surface area contributed by atoms with Crippen molar-refractivity contribution in [3.8, 4) is 0 Å². The summed E-state index contributed by atoms with van der Waals surface area (Å²) in [6, 6.07) is 21.0. The van der Waals surface area contributed by atoms with Crippen LogP contribution < -0.4 is 10.2 Å². The smallest absolute Gasteiger partial charge is 0.255 e. The van der Waals surface area contributed by atoms with E-state index in [1.54, 1.807) is 54.6 Å². The summed E-state index contributed by atoms with van der Waals surface area (Å²) >= 11 is 6.09. The zero-order valence-corrected chi connectivity index (χ0v) is 15.8. The first-order valence-electron chi connectivity index (χ1n) is 8.44. The second-order valence-corrected chi connectivity index (χ2v) is 6.72. The number of rotatable bonds is 5. The van der Waals surface area contributed by atoms with Gasteiger partial charge in [-0.3, -0.25) is 9.59 Å². The van der Waals surface area contributed by atoms with Gasteiger partial charge in [0.2, 0.25) is 0 Å². The molecule has 1 amide bonds. The van der Waals surface area contributed by atoms with Crippen LogP contribution in [-0.2, 0) is 0 Å². The largest absolute Gasteiger partial charge is 0.378 e.